The zero-order valence-electron chi connectivity index (χ0n) is 7.11. The maximum Gasteiger partial charge on any atom is 0.0275 e. The smallest absolute Gasteiger partial charge is 0.0275 e. The number of halogens is 1. The van der Waals surface area contributed by atoms with E-state index in [9.17, 15) is 0 Å². The molecule has 0 bridgehead atoms. The third kappa shape index (κ3) is 5.43. The third-order valence-electron chi connectivity index (χ3n) is 1.49. The van der Waals surface area contributed by atoms with Crippen molar-refractivity contribution in [1.82, 2.24) is 0 Å². The van der Waals surface area contributed by atoms with Crippen LogP contribution in [0.5, 0.6) is 0 Å². The first-order valence-corrected chi connectivity index (χ1v) is 5.45. The van der Waals surface area contributed by atoms with Crippen LogP contribution in [0.3, 0.4) is 0 Å². The highest BCUT2D eigenvalue weighted by atomic mass is 35.5. The number of hydrogen-bond donors (Lipinski definition) is 0. The Hall–Kier alpha value is 0.640. The molecule has 0 aromatic heterocycles. The second-order valence-corrected chi connectivity index (χ2v) is 4.91. The van der Waals surface area contributed by atoms with Crippen LogP contribution in [0.15, 0.2) is 0 Å². The molecule has 0 aliphatic rings. The van der Waals surface area contributed by atoms with Gasteiger partial charge in [-0.25, -0.2) is 0 Å². The molecule has 2 heteroatoms. The first kappa shape index (κ1) is 10.6. The van der Waals surface area contributed by atoms with E-state index >= 15 is 0 Å². The molecule has 0 aromatic carbocycles. The quantitative estimate of drug-likeness (QED) is 0.462. The average molecular weight is 181 g/mol. The predicted octanol–water partition coefficient (Wildman–Crippen LogP) is 3.39. The highest BCUT2D eigenvalue weighted by molar-refractivity contribution is 7.99. The van der Waals surface area contributed by atoms with Gasteiger partial charge in [0.1, 0.15) is 0 Å². The highest BCUT2D eigenvalue weighted by Crippen LogP contribution is 2.23. The number of thioether (sulfide) groups is 1. The minimum Gasteiger partial charge on any atom is -0.162 e. The van der Waals surface area contributed by atoms with Gasteiger partial charge in [0.25, 0.3) is 0 Å². The van der Waals surface area contributed by atoms with Crippen molar-refractivity contribution in [3.63, 3.8) is 0 Å². The zero-order chi connectivity index (χ0) is 8.04. The van der Waals surface area contributed by atoms with E-state index in [0.29, 0.717) is 5.41 Å². The minimum atomic E-state index is 0.337. The van der Waals surface area contributed by atoms with Gasteiger partial charge in [-0.1, -0.05) is 20.8 Å². The van der Waals surface area contributed by atoms with Gasteiger partial charge >= 0.3 is 0 Å². The molecule has 0 heterocycles. The topological polar surface area (TPSA) is 0 Å². The summed E-state index contributed by atoms with van der Waals surface area (Å²) in [5.41, 5.74) is 0.337. The molecule has 0 aliphatic heterocycles. The van der Waals surface area contributed by atoms with Crippen molar-refractivity contribution in [1.29, 1.82) is 0 Å². The molecule has 0 nitrogen and oxygen atoms in total. The van der Waals surface area contributed by atoms with Gasteiger partial charge in [0, 0.05) is 5.88 Å². The summed E-state index contributed by atoms with van der Waals surface area (Å²) >= 11 is 7.75. The summed E-state index contributed by atoms with van der Waals surface area (Å²) in [6.07, 6.45) is 1.23. The van der Waals surface area contributed by atoms with Gasteiger partial charge in [0.2, 0.25) is 0 Å². The zero-order valence-corrected chi connectivity index (χ0v) is 8.69. The van der Waals surface area contributed by atoms with Crippen LogP contribution in [-0.4, -0.2) is 17.4 Å². The van der Waals surface area contributed by atoms with Crippen molar-refractivity contribution in [2.45, 2.75) is 27.2 Å². The molecule has 0 atom stereocenters. The largest absolute Gasteiger partial charge is 0.162 e. The Bertz CT molecular complexity index is 81.3. The SMILES string of the molecule is CCSCCC(C)(C)CCl. The van der Waals surface area contributed by atoms with E-state index in [1.165, 1.54) is 17.9 Å². The molecule has 62 valence electrons. The fourth-order valence-corrected chi connectivity index (χ4v) is 1.68. The van der Waals surface area contributed by atoms with Crippen LogP contribution in [0.4, 0.5) is 0 Å². The lowest BCUT2D eigenvalue weighted by molar-refractivity contribution is 0.408. The van der Waals surface area contributed by atoms with E-state index in [2.05, 4.69) is 20.8 Å². The lowest BCUT2D eigenvalue weighted by Crippen LogP contribution is -2.14. The average Bonchev–Trinajstić information content (AvgIpc) is 1.89. The summed E-state index contributed by atoms with van der Waals surface area (Å²) < 4.78 is 0. The van der Waals surface area contributed by atoms with Gasteiger partial charge in [0.15, 0.2) is 0 Å². The molecule has 0 aromatic rings. The number of hydrogen-bond acceptors (Lipinski definition) is 1. The standard InChI is InChI=1S/C8H17ClS/c1-4-10-6-5-8(2,3)7-9/h4-7H2,1-3H3. The monoisotopic (exact) mass is 180 g/mol. The highest BCUT2D eigenvalue weighted by Gasteiger charge is 2.14. The van der Waals surface area contributed by atoms with E-state index < -0.39 is 0 Å². The van der Waals surface area contributed by atoms with Gasteiger partial charge in [-0.15, -0.1) is 11.6 Å². The van der Waals surface area contributed by atoms with Crippen LogP contribution in [0, 0.1) is 5.41 Å². The molecule has 0 unspecified atom stereocenters. The van der Waals surface area contributed by atoms with E-state index in [1.807, 2.05) is 11.8 Å². The molecular formula is C8H17ClS. The molecule has 0 rings (SSSR count). The molecule has 0 saturated carbocycles. The van der Waals surface area contributed by atoms with Crippen LogP contribution in [-0.2, 0) is 0 Å². The van der Waals surface area contributed by atoms with Crippen LogP contribution in [0.25, 0.3) is 0 Å². The molecule has 0 saturated heterocycles. The molecule has 0 fully saturated rings. The van der Waals surface area contributed by atoms with Crippen LogP contribution in [0.1, 0.15) is 27.2 Å². The number of rotatable bonds is 5. The molecule has 10 heavy (non-hydrogen) atoms. The van der Waals surface area contributed by atoms with E-state index in [-0.39, 0.29) is 0 Å². The molecule has 0 amide bonds. The Morgan fingerprint density at radius 3 is 2.40 bits per heavy atom. The Labute approximate surface area is 73.7 Å². The van der Waals surface area contributed by atoms with Crippen LogP contribution in [0.2, 0.25) is 0 Å². The lowest BCUT2D eigenvalue weighted by atomic mass is 9.93. The summed E-state index contributed by atoms with van der Waals surface area (Å²) in [7, 11) is 0. The molecular weight excluding hydrogens is 164 g/mol. The normalized spacial score (nSPS) is 12.0. The molecule has 0 aliphatic carbocycles. The van der Waals surface area contributed by atoms with E-state index in [0.717, 1.165) is 5.88 Å². The first-order valence-electron chi connectivity index (χ1n) is 3.76. The number of alkyl halides is 1. The Morgan fingerprint density at radius 1 is 1.40 bits per heavy atom. The lowest BCUT2D eigenvalue weighted by Gasteiger charge is -2.20. The molecule has 0 radical (unpaired) electrons. The predicted molar refractivity (Wildman–Crippen MR) is 52.1 cm³/mol. The van der Waals surface area contributed by atoms with E-state index in [1.54, 1.807) is 0 Å². The fourth-order valence-electron chi connectivity index (χ4n) is 0.560. The van der Waals surface area contributed by atoms with Gasteiger partial charge in [0.05, 0.1) is 0 Å². The summed E-state index contributed by atoms with van der Waals surface area (Å²) in [4.78, 5) is 0. The second kappa shape index (κ2) is 5.31. The van der Waals surface area contributed by atoms with Crippen molar-refractivity contribution in [3.05, 3.63) is 0 Å². The van der Waals surface area contributed by atoms with E-state index in [4.69, 9.17) is 11.6 Å². The Balaban J connectivity index is 3.28. The molecule has 0 N–H and O–H groups in total. The van der Waals surface area contributed by atoms with Crippen LogP contribution < -0.4 is 0 Å². The van der Waals surface area contributed by atoms with Gasteiger partial charge < -0.3 is 0 Å². The van der Waals surface area contributed by atoms with Gasteiger partial charge in [-0.2, -0.15) is 11.8 Å². The van der Waals surface area contributed by atoms with Crippen molar-refractivity contribution >= 4 is 23.4 Å². The first-order chi connectivity index (χ1) is 4.62. The van der Waals surface area contributed by atoms with Gasteiger partial charge in [-0.3, -0.25) is 0 Å². The summed E-state index contributed by atoms with van der Waals surface area (Å²) in [5.74, 6) is 3.24. The minimum absolute atomic E-state index is 0.337. The van der Waals surface area contributed by atoms with Crippen molar-refractivity contribution < 1.29 is 0 Å². The Morgan fingerprint density at radius 2 is 2.00 bits per heavy atom. The summed E-state index contributed by atoms with van der Waals surface area (Å²) in [5, 5.41) is 0. The summed E-state index contributed by atoms with van der Waals surface area (Å²) in [6, 6.07) is 0. The third-order valence-corrected chi connectivity index (χ3v) is 3.11. The maximum atomic E-state index is 5.76. The van der Waals surface area contributed by atoms with Crippen molar-refractivity contribution in [3.8, 4) is 0 Å². The second-order valence-electron chi connectivity index (χ2n) is 3.24. The van der Waals surface area contributed by atoms with Crippen molar-refractivity contribution in [2.24, 2.45) is 5.41 Å². The summed E-state index contributed by atoms with van der Waals surface area (Å²) in [6.45, 7) is 6.63. The Kier molecular flexibility index (Phi) is 5.65. The maximum absolute atomic E-state index is 5.76. The molecule has 0 spiro atoms. The van der Waals surface area contributed by atoms with Crippen molar-refractivity contribution in [2.75, 3.05) is 17.4 Å². The fraction of sp³-hybridized carbons (Fsp3) is 1.00. The van der Waals surface area contributed by atoms with Crippen LogP contribution >= 0.6 is 23.4 Å². The van der Waals surface area contributed by atoms with Gasteiger partial charge in [-0.05, 0) is 23.3 Å².